The van der Waals surface area contributed by atoms with Crippen LogP contribution in [-0.4, -0.2) is 72.2 Å². The van der Waals surface area contributed by atoms with E-state index in [-0.39, 0.29) is 11.3 Å². The fourth-order valence-corrected chi connectivity index (χ4v) is 4.95. The standard InChI is InChI=1S/C22H27N7O2/c1-16-2-4-18(12-16)28-11-8-22(21(28)31)6-9-27(10-7-22)14-19(30)17-3-5-20(23-13-17)29-15-24-25-26-29/h3,5,12-13,15,19,30H,1-2,4,6-11,14H2/t19-/m0/s1. The maximum atomic E-state index is 13.2. The summed E-state index contributed by atoms with van der Waals surface area (Å²) in [5.41, 5.74) is 2.78. The third-order valence-corrected chi connectivity index (χ3v) is 6.92. The SMILES string of the molecule is C=C1C=C(N2CCC3(CCN(C[C@H](O)c4ccc(-n5cnnn5)nc4)CC3)C2=O)CC1. The van der Waals surface area contributed by atoms with Crippen molar-refractivity contribution in [2.75, 3.05) is 26.2 Å². The zero-order valence-electron chi connectivity index (χ0n) is 17.5. The fraction of sp³-hybridized carbons (Fsp3) is 0.500. The van der Waals surface area contributed by atoms with E-state index in [1.54, 1.807) is 12.3 Å². The van der Waals surface area contributed by atoms with Crippen molar-refractivity contribution in [2.24, 2.45) is 5.41 Å². The fourth-order valence-electron chi connectivity index (χ4n) is 4.95. The minimum absolute atomic E-state index is 0.235. The quantitative estimate of drug-likeness (QED) is 0.783. The maximum absolute atomic E-state index is 13.2. The molecule has 2 fully saturated rings. The van der Waals surface area contributed by atoms with Crippen molar-refractivity contribution >= 4 is 5.91 Å². The van der Waals surface area contributed by atoms with Gasteiger partial charge in [-0.2, -0.15) is 4.68 Å². The summed E-state index contributed by atoms with van der Waals surface area (Å²) >= 11 is 0. The van der Waals surface area contributed by atoms with Gasteiger partial charge in [0.1, 0.15) is 6.33 Å². The summed E-state index contributed by atoms with van der Waals surface area (Å²) in [5, 5.41) is 21.7. The van der Waals surface area contributed by atoms with Gasteiger partial charge in [-0.25, -0.2) is 4.98 Å². The Kier molecular flexibility index (Phi) is 5.15. The number of aliphatic hydroxyl groups excluding tert-OH is 1. The summed E-state index contributed by atoms with van der Waals surface area (Å²) in [6.07, 6.45) is 9.11. The predicted octanol–water partition coefficient (Wildman–Crippen LogP) is 1.64. The second-order valence-corrected chi connectivity index (χ2v) is 8.80. The summed E-state index contributed by atoms with van der Waals surface area (Å²) in [7, 11) is 0. The Morgan fingerprint density at radius 3 is 2.61 bits per heavy atom. The topological polar surface area (TPSA) is 100 Å². The average molecular weight is 422 g/mol. The smallest absolute Gasteiger partial charge is 0.233 e. The Morgan fingerprint density at radius 2 is 1.97 bits per heavy atom. The van der Waals surface area contributed by atoms with Gasteiger partial charge in [0, 0.05) is 30.5 Å². The van der Waals surface area contributed by atoms with Gasteiger partial charge in [-0.15, -0.1) is 5.10 Å². The molecule has 9 heteroatoms. The number of nitrogens with zero attached hydrogens (tertiary/aromatic N) is 7. The van der Waals surface area contributed by atoms with Gasteiger partial charge >= 0.3 is 0 Å². The molecule has 3 aliphatic rings. The van der Waals surface area contributed by atoms with Crippen molar-refractivity contribution in [3.8, 4) is 5.82 Å². The number of carbonyl (C=O) groups is 1. The molecule has 1 amide bonds. The first-order chi connectivity index (χ1) is 15.0. The van der Waals surface area contributed by atoms with Crippen LogP contribution in [0, 0.1) is 5.41 Å². The van der Waals surface area contributed by atoms with E-state index in [9.17, 15) is 9.90 Å². The number of amides is 1. The van der Waals surface area contributed by atoms with E-state index < -0.39 is 6.10 Å². The van der Waals surface area contributed by atoms with Crippen molar-refractivity contribution in [3.05, 3.63) is 54.1 Å². The Bertz CT molecular complexity index is 991. The minimum Gasteiger partial charge on any atom is -0.387 e. The average Bonchev–Trinajstić information content (AvgIpc) is 3.53. The van der Waals surface area contributed by atoms with E-state index in [4.69, 9.17) is 0 Å². The lowest BCUT2D eigenvalue weighted by Crippen LogP contribution is -2.45. The van der Waals surface area contributed by atoms with Gasteiger partial charge in [0.15, 0.2) is 5.82 Å². The van der Waals surface area contributed by atoms with Crippen LogP contribution in [0.4, 0.5) is 0 Å². The van der Waals surface area contributed by atoms with Crippen molar-refractivity contribution in [1.29, 1.82) is 0 Å². The van der Waals surface area contributed by atoms with Crippen molar-refractivity contribution in [2.45, 2.75) is 38.2 Å². The van der Waals surface area contributed by atoms with E-state index in [0.717, 1.165) is 68.6 Å². The van der Waals surface area contributed by atoms with Crippen LogP contribution in [0.15, 0.2) is 48.6 Å². The molecule has 0 radical (unpaired) electrons. The van der Waals surface area contributed by atoms with Gasteiger partial charge in [0.25, 0.3) is 0 Å². The molecule has 2 aromatic rings. The number of carbonyl (C=O) groups excluding carboxylic acids is 1. The van der Waals surface area contributed by atoms with Crippen molar-refractivity contribution < 1.29 is 9.90 Å². The lowest BCUT2D eigenvalue weighted by molar-refractivity contribution is -0.137. The normalized spacial score (nSPS) is 22.4. The number of hydrogen-bond acceptors (Lipinski definition) is 7. The number of aliphatic hydroxyl groups is 1. The highest BCUT2D eigenvalue weighted by Gasteiger charge is 2.49. The van der Waals surface area contributed by atoms with Crippen molar-refractivity contribution in [3.63, 3.8) is 0 Å². The second kappa shape index (κ2) is 7.97. The van der Waals surface area contributed by atoms with Crippen LogP contribution in [0.1, 0.15) is 43.8 Å². The molecule has 1 spiro atoms. The van der Waals surface area contributed by atoms with E-state index in [0.29, 0.717) is 12.4 Å². The summed E-state index contributed by atoms with van der Waals surface area (Å²) < 4.78 is 1.47. The highest BCUT2D eigenvalue weighted by atomic mass is 16.3. The molecule has 0 bridgehead atoms. The van der Waals surface area contributed by atoms with E-state index >= 15 is 0 Å². The first-order valence-electron chi connectivity index (χ1n) is 10.8. The lowest BCUT2D eigenvalue weighted by atomic mass is 9.77. The summed E-state index contributed by atoms with van der Waals surface area (Å²) in [6.45, 7) is 7.01. The monoisotopic (exact) mass is 421 g/mol. The molecule has 0 unspecified atom stereocenters. The second-order valence-electron chi connectivity index (χ2n) is 8.80. The lowest BCUT2D eigenvalue weighted by Gasteiger charge is -2.38. The van der Waals surface area contributed by atoms with Gasteiger partial charge in [0.2, 0.25) is 5.91 Å². The molecular weight excluding hydrogens is 394 g/mol. The number of piperidine rings is 1. The molecule has 2 aromatic heterocycles. The molecule has 1 atom stereocenters. The van der Waals surface area contributed by atoms with Crippen LogP contribution in [0.3, 0.4) is 0 Å². The number of likely N-dealkylation sites (tertiary alicyclic amines) is 2. The van der Waals surface area contributed by atoms with Crippen LogP contribution in [-0.2, 0) is 4.79 Å². The Labute approximate surface area is 181 Å². The van der Waals surface area contributed by atoms with Gasteiger partial charge < -0.3 is 14.9 Å². The number of β-amino-alcohol motifs (C(OH)–C–C–N with tert-alkyl or cyclic N) is 1. The number of allylic oxidation sites excluding steroid dienone is 3. The molecule has 162 valence electrons. The van der Waals surface area contributed by atoms with E-state index in [1.165, 1.54) is 11.0 Å². The molecule has 1 N–H and O–H groups in total. The summed E-state index contributed by atoms with van der Waals surface area (Å²) in [4.78, 5) is 21.8. The Balaban J connectivity index is 1.17. The molecule has 9 nitrogen and oxygen atoms in total. The van der Waals surface area contributed by atoms with Gasteiger partial charge in [-0.1, -0.05) is 18.2 Å². The number of rotatable bonds is 5. The zero-order chi connectivity index (χ0) is 21.4. The van der Waals surface area contributed by atoms with Gasteiger partial charge in [-0.3, -0.25) is 4.79 Å². The van der Waals surface area contributed by atoms with Crippen molar-refractivity contribution in [1.82, 2.24) is 35.0 Å². The molecule has 5 rings (SSSR count). The number of aromatic nitrogens is 5. The summed E-state index contributed by atoms with van der Waals surface area (Å²) in [6, 6.07) is 3.64. The molecule has 0 saturated carbocycles. The molecule has 2 saturated heterocycles. The van der Waals surface area contributed by atoms with Crippen LogP contribution in [0.2, 0.25) is 0 Å². The first kappa shape index (κ1) is 20.0. The van der Waals surface area contributed by atoms with E-state index in [2.05, 4.69) is 38.1 Å². The Morgan fingerprint density at radius 1 is 1.16 bits per heavy atom. The molecule has 0 aromatic carbocycles. The van der Waals surface area contributed by atoms with Crippen LogP contribution < -0.4 is 0 Å². The van der Waals surface area contributed by atoms with Gasteiger partial charge in [0.05, 0.1) is 11.5 Å². The molecule has 2 aliphatic heterocycles. The van der Waals surface area contributed by atoms with Gasteiger partial charge in [-0.05, 0) is 67.8 Å². The number of pyridine rings is 1. The molecule has 4 heterocycles. The van der Waals surface area contributed by atoms with Crippen LogP contribution in [0.25, 0.3) is 5.82 Å². The predicted molar refractivity (Wildman–Crippen MR) is 113 cm³/mol. The molecular formula is C22H27N7O2. The van der Waals surface area contributed by atoms with E-state index in [1.807, 2.05) is 11.0 Å². The van der Waals surface area contributed by atoms with Crippen LogP contribution in [0.5, 0.6) is 0 Å². The third-order valence-electron chi connectivity index (χ3n) is 6.92. The maximum Gasteiger partial charge on any atom is 0.233 e. The largest absolute Gasteiger partial charge is 0.387 e. The molecule has 1 aliphatic carbocycles. The third kappa shape index (κ3) is 3.79. The number of hydrogen-bond donors (Lipinski definition) is 1. The first-order valence-corrected chi connectivity index (χ1v) is 10.8. The highest BCUT2D eigenvalue weighted by Crippen LogP contribution is 2.44. The Hall–Kier alpha value is -2.91. The minimum atomic E-state index is -0.630. The summed E-state index contributed by atoms with van der Waals surface area (Å²) in [5.74, 6) is 0.891. The van der Waals surface area contributed by atoms with Crippen LogP contribution >= 0.6 is 0 Å². The number of tetrazole rings is 1. The molecule has 31 heavy (non-hydrogen) atoms. The zero-order valence-corrected chi connectivity index (χ0v) is 17.5. The highest BCUT2D eigenvalue weighted by molar-refractivity contribution is 5.86.